The summed E-state index contributed by atoms with van der Waals surface area (Å²) in [6, 6.07) is 0. The van der Waals surface area contributed by atoms with Crippen LogP contribution in [0, 0.1) is 12.7 Å². The van der Waals surface area contributed by atoms with Crippen LogP contribution < -0.4 is 5.32 Å². The summed E-state index contributed by atoms with van der Waals surface area (Å²) in [5.41, 5.74) is 0.127. The molecule has 0 unspecified atom stereocenters. The molecule has 0 aliphatic heterocycles. The maximum atomic E-state index is 13.1. The summed E-state index contributed by atoms with van der Waals surface area (Å²) >= 11 is 0. The molecule has 0 atom stereocenters. The average Bonchev–Trinajstić information content (AvgIpc) is 2.06. The molecule has 0 amide bonds. The quantitative estimate of drug-likeness (QED) is 0.820. The molecule has 1 rings (SSSR count). The molecule has 0 aliphatic rings. The standard InChI is InChI=1S/C8H10F3N3/c1-5-6(9)7(14-4-13-5)12-3-8(2,10)11/h4H,3H2,1-2H3,(H,12,13,14). The summed E-state index contributed by atoms with van der Waals surface area (Å²) in [5.74, 6) is -3.79. The number of nitrogens with one attached hydrogen (secondary N) is 1. The Hall–Kier alpha value is -1.33. The Balaban J connectivity index is 2.73. The maximum Gasteiger partial charge on any atom is 0.262 e. The first-order valence-electron chi connectivity index (χ1n) is 3.99. The molecule has 0 aliphatic carbocycles. The van der Waals surface area contributed by atoms with Gasteiger partial charge in [0.1, 0.15) is 6.33 Å². The molecular formula is C8H10F3N3. The van der Waals surface area contributed by atoms with Crippen LogP contribution >= 0.6 is 0 Å². The third-order valence-corrected chi connectivity index (χ3v) is 1.53. The van der Waals surface area contributed by atoms with Crippen molar-refractivity contribution in [1.29, 1.82) is 0 Å². The first kappa shape index (κ1) is 10.7. The number of alkyl halides is 2. The van der Waals surface area contributed by atoms with Crippen LogP contribution in [0.5, 0.6) is 0 Å². The monoisotopic (exact) mass is 205 g/mol. The van der Waals surface area contributed by atoms with E-state index in [2.05, 4.69) is 15.3 Å². The molecule has 3 nitrogen and oxygen atoms in total. The van der Waals surface area contributed by atoms with Gasteiger partial charge < -0.3 is 5.32 Å². The summed E-state index contributed by atoms with van der Waals surface area (Å²) in [7, 11) is 0. The van der Waals surface area contributed by atoms with Gasteiger partial charge in [0.05, 0.1) is 12.2 Å². The number of rotatable bonds is 3. The number of hydrogen-bond acceptors (Lipinski definition) is 3. The van der Waals surface area contributed by atoms with Gasteiger partial charge in [-0.05, 0) is 6.92 Å². The van der Waals surface area contributed by atoms with E-state index >= 15 is 0 Å². The number of aromatic nitrogens is 2. The minimum atomic E-state index is -2.90. The molecule has 0 aromatic carbocycles. The van der Waals surface area contributed by atoms with Gasteiger partial charge in [-0.2, -0.15) is 0 Å². The summed E-state index contributed by atoms with van der Waals surface area (Å²) in [6.45, 7) is 1.53. The van der Waals surface area contributed by atoms with Gasteiger partial charge in [-0.15, -0.1) is 0 Å². The van der Waals surface area contributed by atoms with Crippen molar-refractivity contribution in [3.05, 3.63) is 17.8 Å². The molecule has 0 saturated heterocycles. The molecule has 0 spiro atoms. The zero-order chi connectivity index (χ0) is 10.8. The van der Waals surface area contributed by atoms with Gasteiger partial charge in [0.25, 0.3) is 5.92 Å². The highest BCUT2D eigenvalue weighted by molar-refractivity contribution is 5.36. The molecule has 0 bridgehead atoms. The lowest BCUT2D eigenvalue weighted by Gasteiger charge is -2.12. The highest BCUT2D eigenvalue weighted by Gasteiger charge is 2.21. The Morgan fingerprint density at radius 1 is 1.43 bits per heavy atom. The van der Waals surface area contributed by atoms with Crippen molar-refractivity contribution >= 4 is 5.82 Å². The summed E-state index contributed by atoms with van der Waals surface area (Å²) < 4.78 is 38.0. The van der Waals surface area contributed by atoms with Crippen molar-refractivity contribution in [2.45, 2.75) is 19.8 Å². The van der Waals surface area contributed by atoms with E-state index in [0.29, 0.717) is 0 Å². The van der Waals surface area contributed by atoms with Crippen molar-refractivity contribution in [1.82, 2.24) is 9.97 Å². The molecule has 6 heteroatoms. The van der Waals surface area contributed by atoms with E-state index in [0.717, 1.165) is 13.3 Å². The third-order valence-electron chi connectivity index (χ3n) is 1.53. The molecule has 1 heterocycles. The van der Waals surface area contributed by atoms with Crippen LogP contribution in [0.2, 0.25) is 0 Å². The molecule has 0 fully saturated rings. The molecule has 0 saturated carbocycles. The molecule has 0 radical (unpaired) electrons. The number of nitrogens with zero attached hydrogens (tertiary/aromatic N) is 2. The van der Waals surface area contributed by atoms with Crippen LogP contribution in [-0.2, 0) is 0 Å². The topological polar surface area (TPSA) is 37.8 Å². The van der Waals surface area contributed by atoms with E-state index in [1.807, 2.05) is 0 Å². The molecule has 14 heavy (non-hydrogen) atoms. The predicted molar refractivity (Wildman–Crippen MR) is 45.8 cm³/mol. The van der Waals surface area contributed by atoms with Gasteiger partial charge in [0, 0.05) is 6.92 Å². The summed E-state index contributed by atoms with van der Waals surface area (Å²) in [4.78, 5) is 7.08. The van der Waals surface area contributed by atoms with Gasteiger partial charge in [-0.1, -0.05) is 0 Å². The van der Waals surface area contributed by atoms with Gasteiger partial charge in [-0.25, -0.2) is 23.1 Å². The first-order chi connectivity index (χ1) is 6.40. The lowest BCUT2D eigenvalue weighted by Crippen LogP contribution is -2.24. The van der Waals surface area contributed by atoms with E-state index in [1.54, 1.807) is 0 Å². The Morgan fingerprint density at radius 3 is 2.64 bits per heavy atom. The predicted octanol–water partition coefficient (Wildman–Crippen LogP) is 1.99. The Morgan fingerprint density at radius 2 is 2.07 bits per heavy atom. The second-order valence-corrected chi connectivity index (χ2v) is 3.05. The van der Waals surface area contributed by atoms with Gasteiger partial charge in [-0.3, -0.25) is 0 Å². The molecule has 1 N–H and O–H groups in total. The van der Waals surface area contributed by atoms with Crippen LogP contribution in [-0.4, -0.2) is 22.4 Å². The van der Waals surface area contributed by atoms with Crippen molar-refractivity contribution in [3.63, 3.8) is 0 Å². The lowest BCUT2D eigenvalue weighted by molar-refractivity contribution is 0.0366. The molecule has 1 aromatic heterocycles. The van der Waals surface area contributed by atoms with E-state index in [4.69, 9.17) is 0 Å². The zero-order valence-corrected chi connectivity index (χ0v) is 7.81. The zero-order valence-electron chi connectivity index (χ0n) is 7.81. The minimum absolute atomic E-state index is 0.127. The normalized spacial score (nSPS) is 11.5. The Labute approximate surface area is 79.4 Å². The van der Waals surface area contributed by atoms with Crippen molar-refractivity contribution in [2.24, 2.45) is 0 Å². The number of anilines is 1. The minimum Gasteiger partial charge on any atom is -0.361 e. The smallest absolute Gasteiger partial charge is 0.262 e. The van der Waals surface area contributed by atoms with Gasteiger partial charge in [0.2, 0.25) is 0 Å². The number of aryl methyl sites for hydroxylation is 1. The number of halogens is 3. The largest absolute Gasteiger partial charge is 0.361 e. The second kappa shape index (κ2) is 3.81. The van der Waals surface area contributed by atoms with E-state index < -0.39 is 18.3 Å². The van der Waals surface area contributed by atoms with Crippen molar-refractivity contribution in [3.8, 4) is 0 Å². The molecule has 78 valence electrons. The van der Waals surface area contributed by atoms with Crippen molar-refractivity contribution in [2.75, 3.05) is 11.9 Å². The number of hydrogen-bond donors (Lipinski definition) is 1. The lowest BCUT2D eigenvalue weighted by atomic mass is 10.3. The van der Waals surface area contributed by atoms with Crippen LogP contribution in [0.15, 0.2) is 6.33 Å². The molecular weight excluding hydrogens is 195 g/mol. The summed E-state index contributed by atoms with van der Waals surface area (Å²) in [6.07, 6.45) is 1.12. The van der Waals surface area contributed by atoms with Gasteiger partial charge in [0.15, 0.2) is 11.6 Å². The van der Waals surface area contributed by atoms with E-state index in [-0.39, 0.29) is 11.5 Å². The SMILES string of the molecule is Cc1ncnc(NCC(C)(F)F)c1F. The third kappa shape index (κ3) is 2.86. The Kier molecular flexibility index (Phi) is 2.93. The fourth-order valence-electron chi connectivity index (χ4n) is 0.820. The highest BCUT2D eigenvalue weighted by Crippen LogP contribution is 2.15. The van der Waals surface area contributed by atoms with E-state index in [9.17, 15) is 13.2 Å². The highest BCUT2D eigenvalue weighted by atomic mass is 19.3. The van der Waals surface area contributed by atoms with Crippen molar-refractivity contribution < 1.29 is 13.2 Å². The maximum absolute atomic E-state index is 13.1. The molecule has 1 aromatic rings. The van der Waals surface area contributed by atoms with Crippen LogP contribution in [0.25, 0.3) is 0 Å². The summed E-state index contributed by atoms with van der Waals surface area (Å²) in [5, 5.41) is 2.22. The average molecular weight is 205 g/mol. The fourth-order valence-corrected chi connectivity index (χ4v) is 0.820. The first-order valence-corrected chi connectivity index (χ1v) is 3.99. The van der Waals surface area contributed by atoms with Crippen LogP contribution in [0.4, 0.5) is 19.0 Å². The van der Waals surface area contributed by atoms with Crippen LogP contribution in [0.3, 0.4) is 0 Å². The van der Waals surface area contributed by atoms with E-state index in [1.165, 1.54) is 6.92 Å². The second-order valence-electron chi connectivity index (χ2n) is 3.05. The van der Waals surface area contributed by atoms with Gasteiger partial charge >= 0.3 is 0 Å². The van der Waals surface area contributed by atoms with Crippen LogP contribution in [0.1, 0.15) is 12.6 Å². The Bertz CT molecular complexity index is 322. The fraction of sp³-hybridized carbons (Fsp3) is 0.500.